The Bertz CT molecular complexity index is 1090. The van der Waals surface area contributed by atoms with Gasteiger partial charge in [0.2, 0.25) is 0 Å². The molecule has 2 aromatic carbocycles. The van der Waals surface area contributed by atoms with Gasteiger partial charge in [-0.15, -0.1) is 12.4 Å². The molecule has 0 fully saturated rings. The van der Waals surface area contributed by atoms with Crippen LogP contribution in [0.2, 0.25) is 0 Å². The predicted octanol–water partition coefficient (Wildman–Crippen LogP) is 3.30. The van der Waals surface area contributed by atoms with Crippen LogP contribution in [0.15, 0.2) is 60.9 Å². The van der Waals surface area contributed by atoms with Gasteiger partial charge < -0.3 is 16.2 Å². The Labute approximate surface area is 190 Å². The number of carboxylic acid groups (broad SMARTS) is 1. The Kier molecular flexibility index (Phi) is 10.3. The number of carboxylic acids is 1. The summed E-state index contributed by atoms with van der Waals surface area (Å²) < 4.78 is 12.7. The van der Waals surface area contributed by atoms with Gasteiger partial charge >= 0.3 is 5.97 Å². The van der Waals surface area contributed by atoms with Crippen molar-refractivity contribution in [1.29, 1.82) is 5.26 Å². The minimum Gasteiger partial charge on any atom is -0.481 e. The molecule has 10 heteroatoms. The van der Waals surface area contributed by atoms with Gasteiger partial charge in [-0.2, -0.15) is 5.26 Å². The second kappa shape index (κ2) is 12.6. The predicted molar refractivity (Wildman–Crippen MR) is 118 cm³/mol. The van der Waals surface area contributed by atoms with Gasteiger partial charge in [-0.1, -0.05) is 24.3 Å². The van der Waals surface area contributed by atoms with E-state index in [2.05, 4.69) is 15.3 Å². The highest BCUT2D eigenvalue weighted by atomic mass is 35.5. The number of nitriles is 1. The molecule has 0 bridgehead atoms. The van der Waals surface area contributed by atoms with Crippen molar-refractivity contribution in [1.82, 2.24) is 15.3 Å². The summed E-state index contributed by atoms with van der Waals surface area (Å²) in [6.07, 6.45) is 1.22. The molecule has 1 heterocycles. The van der Waals surface area contributed by atoms with Crippen molar-refractivity contribution in [3.63, 3.8) is 0 Å². The average molecular weight is 458 g/mol. The van der Waals surface area contributed by atoms with Crippen LogP contribution in [-0.2, 0) is 11.3 Å². The molecule has 1 aromatic heterocycles. The second-order valence-corrected chi connectivity index (χ2v) is 6.43. The molecule has 0 aliphatic heterocycles. The van der Waals surface area contributed by atoms with E-state index in [4.69, 9.17) is 16.1 Å². The number of carbonyl (C=O) groups excluding carboxylic acids is 1. The van der Waals surface area contributed by atoms with Crippen molar-refractivity contribution in [2.45, 2.75) is 19.4 Å². The van der Waals surface area contributed by atoms with Crippen LogP contribution in [0.4, 0.5) is 10.2 Å². The average Bonchev–Trinajstić information content (AvgIpc) is 2.78. The number of benzene rings is 2. The number of aromatic nitrogens is 2. The normalized spacial score (nSPS) is 10.4. The summed E-state index contributed by atoms with van der Waals surface area (Å²) in [5.74, 6) is -1.81. The number of nitrogens with one attached hydrogen (secondary N) is 1. The fourth-order valence-corrected chi connectivity index (χ4v) is 2.36. The third-order valence-electron chi connectivity index (χ3n) is 4.20. The van der Waals surface area contributed by atoms with Crippen LogP contribution in [0.5, 0.6) is 0 Å². The largest absolute Gasteiger partial charge is 0.481 e. The molecule has 1 atom stereocenters. The van der Waals surface area contributed by atoms with Crippen molar-refractivity contribution < 1.29 is 19.1 Å². The van der Waals surface area contributed by atoms with Crippen molar-refractivity contribution in [2.24, 2.45) is 0 Å². The third-order valence-corrected chi connectivity index (χ3v) is 4.20. The zero-order valence-corrected chi connectivity index (χ0v) is 17.8. The summed E-state index contributed by atoms with van der Waals surface area (Å²) in [6, 6.07) is 15.8. The number of aliphatic carboxylic acids is 1. The first-order chi connectivity index (χ1) is 14.8. The van der Waals surface area contributed by atoms with E-state index in [-0.39, 0.29) is 35.6 Å². The molecular weight excluding hydrogens is 437 g/mol. The maximum Gasteiger partial charge on any atom is 0.310 e. The van der Waals surface area contributed by atoms with E-state index in [9.17, 15) is 14.0 Å². The van der Waals surface area contributed by atoms with E-state index in [0.717, 1.165) is 5.56 Å². The van der Waals surface area contributed by atoms with Gasteiger partial charge in [-0.3, -0.25) is 9.59 Å². The molecule has 0 aliphatic rings. The molecule has 166 valence electrons. The van der Waals surface area contributed by atoms with Crippen LogP contribution in [-0.4, -0.2) is 27.0 Å². The van der Waals surface area contributed by atoms with E-state index in [1.165, 1.54) is 24.5 Å². The molecule has 0 saturated heterocycles. The van der Waals surface area contributed by atoms with Crippen LogP contribution < -0.4 is 11.1 Å². The number of carbonyl (C=O) groups is 2. The number of rotatable bonds is 5. The van der Waals surface area contributed by atoms with Gasteiger partial charge in [0.25, 0.3) is 5.91 Å². The molecule has 1 unspecified atom stereocenters. The Morgan fingerprint density at radius 1 is 1.16 bits per heavy atom. The van der Waals surface area contributed by atoms with Crippen LogP contribution in [0.3, 0.4) is 0 Å². The molecule has 0 aliphatic carbocycles. The molecule has 0 saturated carbocycles. The number of anilines is 1. The number of halogens is 2. The number of nitrogen functional groups attached to an aromatic ring is 1. The summed E-state index contributed by atoms with van der Waals surface area (Å²) in [5.41, 5.74) is 7.70. The van der Waals surface area contributed by atoms with Gasteiger partial charge in [0.05, 0.1) is 17.6 Å². The van der Waals surface area contributed by atoms with E-state index in [1.807, 2.05) is 6.07 Å². The number of hydrogen-bond acceptors (Lipinski definition) is 6. The fraction of sp³-hybridized carbons (Fsp3) is 0.136. The number of amides is 1. The molecule has 0 spiro atoms. The lowest BCUT2D eigenvalue weighted by Gasteiger charge is -2.05. The Balaban J connectivity index is 0.000000327. The molecule has 8 nitrogen and oxygen atoms in total. The van der Waals surface area contributed by atoms with Crippen molar-refractivity contribution in [3.05, 3.63) is 89.1 Å². The smallest absolute Gasteiger partial charge is 0.310 e. The second-order valence-electron chi connectivity index (χ2n) is 6.43. The molecular formula is C22H21ClFN5O3. The molecule has 0 radical (unpaired) electrons. The highest BCUT2D eigenvalue weighted by molar-refractivity contribution is 5.92. The van der Waals surface area contributed by atoms with E-state index >= 15 is 0 Å². The summed E-state index contributed by atoms with van der Waals surface area (Å²) in [5, 5.41) is 19.9. The maximum absolute atomic E-state index is 12.7. The first-order valence-electron chi connectivity index (χ1n) is 9.13. The van der Waals surface area contributed by atoms with Crippen LogP contribution in [0.1, 0.15) is 40.0 Å². The third kappa shape index (κ3) is 8.01. The Hall–Kier alpha value is -4.03. The van der Waals surface area contributed by atoms with Gasteiger partial charge in [-0.25, -0.2) is 14.4 Å². The summed E-state index contributed by atoms with van der Waals surface area (Å²) in [7, 11) is 0. The lowest BCUT2D eigenvalue weighted by Crippen LogP contribution is -2.24. The van der Waals surface area contributed by atoms with Crippen molar-refractivity contribution in [2.75, 3.05) is 5.73 Å². The maximum atomic E-state index is 12.7. The van der Waals surface area contributed by atoms with E-state index < -0.39 is 11.9 Å². The number of hydrogen-bond donors (Lipinski definition) is 3. The van der Waals surface area contributed by atoms with Gasteiger partial charge in [0, 0.05) is 12.6 Å². The highest BCUT2D eigenvalue weighted by Gasteiger charge is 2.12. The summed E-state index contributed by atoms with van der Waals surface area (Å²) in [4.78, 5) is 29.8. The zero-order chi connectivity index (χ0) is 22.8. The molecule has 4 N–H and O–H groups in total. The lowest BCUT2D eigenvalue weighted by molar-refractivity contribution is -0.138. The highest BCUT2D eigenvalue weighted by Crippen LogP contribution is 2.15. The Morgan fingerprint density at radius 2 is 1.78 bits per heavy atom. The minimum absolute atomic E-state index is 0. The number of nitrogens with zero attached hydrogens (tertiary/aromatic N) is 3. The SMILES string of the molecule is CC(C(=O)O)c1ccc(C#N)cc1.Cl.Nc1cc(C(=O)NCc2ccc(F)cc2)ncn1. The monoisotopic (exact) mass is 457 g/mol. The summed E-state index contributed by atoms with van der Waals surface area (Å²) >= 11 is 0. The quantitative estimate of drug-likeness (QED) is 0.533. The van der Waals surface area contributed by atoms with E-state index in [0.29, 0.717) is 17.7 Å². The topological polar surface area (TPSA) is 142 Å². The van der Waals surface area contributed by atoms with Gasteiger partial charge in [-0.05, 0) is 42.3 Å². The van der Waals surface area contributed by atoms with Crippen LogP contribution in [0, 0.1) is 17.1 Å². The number of nitrogens with two attached hydrogens (primary N) is 1. The first kappa shape index (κ1) is 26.0. The van der Waals surface area contributed by atoms with Crippen LogP contribution >= 0.6 is 12.4 Å². The van der Waals surface area contributed by atoms with E-state index in [1.54, 1.807) is 43.3 Å². The fourth-order valence-electron chi connectivity index (χ4n) is 2.36. The van der Waals surface area contributed by atoms with Crippen molar-refractivity contribution in [3.8, 4) is 6.07 Å². The van der Waals surface area contributed by atoms with Gasteiger partial charge in [0.15, 0.2) is 0 Å². The van der Waals surface area contributed by atoms with Crippen molar-refractivity contribution >= 4 is 30.1 Å². The standard InChI is InChI=1S/C12H11FN4O.C10H9NO2.ClH/c13-9-3-1-8(2-4-9)6-15-12(18)10-5-11(14)17-7-16-10;1-7(10(12)13)9-4-2-8(6-11)3-5-9;/h1-5,7H,6H2,(H,15,18)(H2,14,16,17);2-5,7H,1H3,(H,12,13);1H. The summed E-state index contributed by atoms with van der Waals surface area (Å²) in [6.45, 7) is 1.91. The van der Waals surface area contributed by atoms with Gasteiger partial charge in [0.1, 0.15) is 23.7 Å². The molecule has 3 aromatic rings. The Morgan fingerprint density at radius 3 is 2.31 bits per heavy atom. The molecule has 32 heavy (non-hydrogen) atoms. The minimum atomic E-state index is -0.857. The molecule has 3 rings (SSSR count). The first-order valence-corrected chi connectivity index (χ1v) is 9.13. The lowest BCUT2D eigenvalue weighted by atomic mass is 10.0. The zero-order valence-electron chi connectivity index (χ0n) is 17.0. The van der Waals surface area contributed by atoms with Crippen LogP contribution in [0.25, 0.3) is 0 Å². The molecule has 1 amide bonds.